The minimum atomic E-state index is -3.98. The molecular formula is C24H24N2O5S2. The normalized spacial score (nSPS) is 17.7. The van der Waals surface area contributed by atoms with E-state index in [0.717, 1.165) is 11.1 Å². The van der Waals surface area contributed by atoms with E-state index in [4.69, 9.17) is 0 Å². The molecule has 1 aliphatic rings. The van der Waals surface area contributed by atoms with Gasteiger partial charge in [-0.25, -0.2) is 21.6 Å². The van der Waals surface area contributed by atoms with Gasteiger partial charge in [-0.3, -0.25) is 4.79 Å². The second-order valence-corrected chi connectivity index (χ2v) is 11.9. The summed E-state index contributed by atoms with van der Waals surface area (Å²) in [7, 11) is -7.21. The molecule has 0 aromatic heterocycles. The summed E-state index contributed by atoms with van der Waals surface area (Å²) >= 11 is 0. The van der Waals surface area contributed by atoms with E-state index >= 15 is 0 Å². The zero-order valence-corrected chi connectivity index (χ0v) is 19.3. The number of sulfone groups is 1. The molecule has 0 bridgehead atoms. The van der Waals surface area contributed by atoms with Crippen molar-refractivity contribution in [2.45, 2.75) is 23.4 Å². The van der Waals surface area contributed by atoms with Crippen LogP contribution in [0.25, 0.3) is 0 Å². The zero-order valence-electron chi connectivity index (χ0n) is 17.7. The van der Waals surface area contributed by atoms with Crippen molar-refractivity contribution in [3.63, 3.8) is 0 Å². The van der Waals surface area contributed by atoms with Gasteiger partial charge in [0.2, 0.25) is 10.0 Å². The Kier molecular flexibility index (Phi) is 6.64. The van der Waals surface area contributed by atoms with Gasteiger partial charge in [0.25, 0.3) is 5.91 Å². The molecule has 0 radical (unpaired) electrons. The van der Waals surface area contributed by atoms with Crippen LogP contribution in [-0.4, -0.2) is 40.3 Å². The van der Waals surface area contributed by atoms with E-state index < -0.39 is 37.9 Å². The van der Waals surface area contributed by atoms with E-state index in [1.54, 1.807) is 6.07 Å². The van der Waals surface area contributed by atoms with Crippen molar-refractivity contribution in [3.05, 3.63) is 102 Å². The number of rotatable bonds is 7. The van der Waals surface area contributed by atoms with E-state index in [-0.39, 0.29) is 28.4 Å². The van der Waals surface area contributed by atoms with Crippen LogP contribution in [0.15, 0.2) is 89.8 Å². The molecule has 172 valence electrons. The van der Waals surface area contributed by atoms with Crippen molar-refractivity contribution in [2.75, 3.05) is 11.5 Å². The minimum absolute atomic E-state index is 0.0387. The van der Waals surface area contributed by atoms with E-state index in [0.29, 0.717) is 0 Å². The summed E-state index contributed by atoms with van der Waals surface area (Å²) in [6, 6.07) is 23.6. The maximum Gasteiger partial charge on any atom is 0.252 e. The number of carbonyl (C=O) groups is 1. The first-order valence-electron chi connectivity index (χ1n) is 10.5. The minimum Gasteiger partial charge on any atom is -0.341 e. The summed E-state index contributed by atoms with van der Waals surface area (Å²) in [5.41, 5.74) is 1.98. The van der Waals surface area contributed by atoms with Gasteiger partial charge in [0.1, 0.15) is 0 Å². The fraction of sp³-hybridized carbons (Fsp3) is 0.208. The number of hydrogen-bond donors (Lipinski definition) is 2. The monoisotopic (exact) mass is 484 g/mol. The highest BCUT2D eigenvalue weighted by molar-refractivity contribution is 7.92. The van der Waals surface area contributed by atoms with Gasteiger partial charge >= 0.3 is 0 Å². The summed E-state index contributed by atoms with van der Waals surface area (Å²) in [4.78, 5) is 13.0. The molecule has 0 saturated carbocycles. The SMILES string of the molecule is O=C(NC(c1ccccc1)c1ccccc1)c1cccc(S(=O)(=O)NC2CCS(=O)(=O)C2)c1. The van der Waals surface area contributed by atoms with Crippen molar-refractivity contribution in [3.8, 4) is 0 Å². The third-order valence-corrected chi connectivity index (χ3v) is 8.79. The van der Waals surface area contributed by atoms with Crippen LogP contribution in [0.5, 0.6) is 0 Å². The molecule has 1 atom stereocenters. The molecule has 3 aromatic rings. The maximum absolute atomic E-state index is 13.1. The van der Waals surface area contributed by atoms with E-state index in [1.165, 1.54) is 18.2 Å². The fourth-order valence-electron chi connectivity index (χ4n) is 3.84. The molecule has 3 aromatic carbocycles. The summed E-state index contributed by atoms with van der Waals surface area (Å²) < 4.78 is 51.4. The van der Waals surface area contributed by atoms with Gasteiger partial charge in [-0.2, -0.15) is 0 Å². The third kappa shape index (κ3) is 5.68. The molecule has 1 aliphatic heterocycles. The highest BCUT2D eigenvalue weighted by Crippen LogP contribution is 2.23. The van der Waals surface area contributed by atoms with Gasteiger partial charge in [-0.05, 0) is 35.7 Å². The summed E-state index contributed by atoms with van der Waals surface area (Å²) in [6.45, 7) is 0. The van der Waals surface area contributed by atoms with Crippen molar-refractivity contribution >= 4 is 25.8 Å². The molecule has 0 spiro atoms. The van der Waals surface area contributed by atoms with Gasteiger partial charge in [0, 0.05) is 11.6 Å². The van der Waals surface area contributed by atoms with Crippen LogP contribution in [0.3, 0.4) is 0 Å². The highest BCUT2D eigenvalue weighted by Gasteiger charge is 2.31. The Morgan fingerprint density at radius 3 is 2.03 bits per heavy atom. The molecule has 4 rings (SSSR count). The van der Waals surface area contributed by atoms with Gasteiger partial charge in [0.05, 0.1) is 22.4 Å². The number of benzene rings is 3. The van der Waals surface area contributed by atoms with Gasteiger partial charge < -0.3 is 5.32 Å². The van der Waals surface area contributed by atoms with Gasteiger partial charge in [-0.1, -0.05) is 66.7 Å². The largest absolute Gasteiger partial charge is 0.341 e. The van der Waals surface area contributed by atoms with Crippen molar-refractivity contribution in [1.82, 2.24) is 10.0 Å². The van der Waals surface area contributed by atoms with E-state index in [1.807, 2.05) is 60.7 Å². The average Bonchev–Trinajstić information content (AvgIpc) is 3.15. The lowest BCUT2D eigenvalue weighted by Gasteiger charge is -2.20. The van der Waals surface area contributed by atoms with Crippen molar-refractivity contribution < 1.29 is 21.6 Å². The lowest BCUT2D eigenvalue weighted by Crippen LogP contribution is -2.35. The molecule has 7 nitrogen and oxygen atoms in total. The predicted octanol–water partition coefficient (Wildman–Crippen LogP) is 2.67. The quantitative estimate of drug-likeness (QED) is 0.536. The maximum atomic E-state index is 13.1. The first kappa shape index (κ1) is 23.2. The molecule has 1 amide bonds. The Morgan fingerprint density at radius 2 is 1.48 bits per heavy atom. The first-order valence-corrected chi connectivity index (χ1v) is 13.8. The topological polar surface area (TPSA) is 109 Å². The lowest BCUT2D eigenvalue weighted by atomic mass is 9.98. The predicted molar refractivity (Wildman–Crippen MR) is 126 cm³/mol. The Balaban J connectivity index is 1.56. The summed E-state index contributed by atoms with van der Waals surface area (Å²) in [6.07, 6.45) is 0.234. The van der Waals surface area contributed by atoms with Crippen LogP contribution < -0.4 is 10.0 Å². The Labute approximate surface area is 193 Å². The second kappa shape index (κ2) is 9.46. The van der Waals surface area contributed by atoms with E-state index in [9.17, 15) is 21.6 Å². The fourth-order valence-corrected chi connectivity index (χ4v) is 6.94. The van der Waals surface area contributed by atoms with Crippen molar-refractivity contribution in [1.29, 1.82) is 0 Å². The number of sulfonamides is 1. The van der Waals surface area contributed by atoms with Gasteiger partial charge in [-0.15, -0.1) is 0 Å². The Hall–Kier alpha value is -3.01. The molecule has 1 unspecified atom stereocenters. The number of amides is 1. The molecule has 1 saturated heterocycles. The molecule has 2 N–H and O–H groups in total. The average molecular weight is 485 g/mol. The standard InChI is InChI=1S/C24H24N2O5S2/c27-24(25-23(18-8-3-1-4-9-18)19-10-5-2-6-11-19)20-12-7-13-22(16-20)33(30,31)26-21-14-15-32(28,29)17-21/h1-13,16,21,23,26H,14-15,17H2,(H,25,27). The van der Waals surface area contributed by atoms with E-state index in [2.05, 4.69) is 10.0 Å². The molecule has 1 fully saturated rings. The summed E-state index contributed by atoms with van der Waals surface area (Å²) in [5.74, 6) is -0.682. The third-order valence-electron chi connectivity index (χ3n) is 5.50. The molecule has 9 heteroatoms. The second-order valence-electron chi connectivity index (χ2n) is 7.98. The summed E-state index contributed by atoms with van der Waals surface area (Å²) in [5, 5.41) is 2.99. The Bertz CT molecular complexity index is 1300. The highest BCUT2D eigenvalue weighted by atomic mass is 32.2. The molecular weight excluding hydrogens is 460 g/mol. The molecule has 33 heavy (non-hydrogen) atoms. The number of nitrogens with one attached hydrogen (secondary N) is 2. The molecule has 1 heterocycles. The van der Waals surface area contributed by atoms with Crippen LogP contribution >= 0.6 is 0 Å². The van der Waals surface area contributed by atoms with Gasteiger partial charge in [0.15, 0.2) is 9.84 Å². The number of hydrogen-bond acceptors (Lipinski definition) is 5. The number of carbonyl (C=O) groups excluding carboxylic acids is 1. The van der Waals surface area contributed by atoms with Crippen molar-refractivity contribution in [2.24, 2.45) is 0 Å². The first-order chi connectivity index (χ1) is 15.7. The Morgan fingerprint density at radius 1 is 0.879 bits per heavy atom. The van der Waals surface area contributed by atoms with Crippen LogP contribution in [-0.2, 0) is 19.9 Å². The van der Waals surface area contributed by atoms with Crippen LogP contribution in [0, 0.1) is 0 Å². The van der Waals surface area contributed by atoms with Crippen LogP contribution in [0.4, 0.5) is 0 Å². The van der Waals surface area contributed by atoms with Crippen LogP contribution in [0.1, 0.15) is 33.9 Å². The smallest absolute Gasteiger partial charge is 0.252 e. The lowest BCUT2D eigenvalue weighted by molar-refractivity contribution is 0.0942. The molecule has 0 aliphatic carbocycles. The zero-order chi connectivity index (χ0) is 23.5. The van der Waals surface area contributed by atoms with Crippen LogP contribution in [0.2, 0.25) is 0 Å².